The summed E-state index contributed by atoms with van der Waals surface area (Å²) in [5.74, 6) is -6.36. The maximum absolute atomic E-state index is 13.4. The summed E-state index contributed by atoms with van der Waals surface area (Å²) in [5.41, 5.74) is -3.89. The summed E-state index contributed by atoms with van der Waals surface area (Å²) >= 11 is 0. The number of hydrogen-bond donors (Lipinski definition) is 0. The third-order valence-corrected chi connectivity index (χ3v) is 6.56. The molecule has 4 heterocycles. The van der Waals surface area contributed by atoms with Crippen LogP contribution in [0.2, 0.25) is 0 Å². The summed E-state index contributed by atoms with van der Waals surface area (Å²) in [6, 6.07) is 1.93. The normalized spacial score (nSPS) is 22.9. The van der Waals surface area contributed by atoms with E-state index in [0.29, 0.717) is 0 Å². The number of ether oxygens (including phenoxy) is 5. The molecule has 0 aromatic rings. The largest absolute Gasteiger partial charge is 0.466 e. The molecule has 0 aromatic heterocycles. The Kier molecular flexibility index (Phi) is 6.09. The number of rotatable bonds is 5. The minimum Gasteiger partial charge on any atom is -0.466 e. The Labute approximate surface area is 210 Å². The van der Waals surface area contributed by atoms with E-state index in [2.05, 4.69) is 0 Å². The lowest BCUT2D eigenvalue weighted by Gasteiger charge is -2.58. The molecule has 0 aromatic carbocycles. The van der Waals surface area contributed by atoms with Crippen molar-refractivity contribution in [3.63, 3.8) is 0 Å². The van der Waals surface area contributed by atoms with Gasteiger partial charge in [-0.3, -0.25) is 0 Å². The Morgan fingerprint density at radius 1 is 0.811 bits per heavy atom. The van der Waals surface area contributed by atoms with Crippen molar-refractivity contribution < 1.29 is 47.7 Å². The first kappa shape index (κ1) is 25.2. The molecule has 2 bridgehead atoms. The van der Waals surface area contributed by atoms with Crippen molar-refractivity contribution in [2.24, 2.45) is 5.92 Å². The molecule has 0 atom stereocenters. The number of hydrogen-bond acceptors (Lipinski definition) is 12. The monoisotopic (exact) mass is 508 g/mol. The summed E-state index contributed by atoms with van der Waals surface area (Å²) in [7, 11) is 5.39. The lowest BCUT2D eigenvalue weighted by atomic mass is 9.57. The molecule has 1 aliphatic carbocycles. The lowest BCUT2D eigenvalue weighted by Crippen LogP contribution is -2.65. The fourth-order valence-electron chi connectivity index (χ4n) is 5.28. The van der Waals surface area contributed by atoms with Crippen LogP contribution < -0.4 is 0 Å². The van der Waals surface area contributed by atoms with Crippen molar-refractivity contribution in [1.82, 2.24) is 4.90 Å². The molecule has 0 radical (unpaired) electrons. The maximum Gasteiger partial charge on any atom is 0.340 e. The number of methoxy groups -OCH3 is 5. The predicted octanol–water partition coefficient (Wildman–Crippen LogP) is 0.300. The van der Waals surface area contributed by atoms with Crippen molar-refractivity contribution in [3.05, 3.63) is 69.1 Å². The summed E-state index contributed by atoms with van der Waals surface area (Å²) in [4.78, 5) is 67.3. The van der Waals surface area contributed by atoms with E-state index in [9.17, 15) is 29.2 Å². The molecule has 0 saturated carbocycles. The van der Waals surface area contributed by atoms with Gasteiger partial charge in [0.15, 0.2) is 0 Å². The van der Waals surface area contributed by atoms with Gasteiger partial charge in [-0.15, -0.1) is 0 Å². The average molecular weight is 508 g/mol. The summed E-state index contributed by atoms with van der Waals surface area (Å²) in [6.45, 7) is 0. The fourth-order valence-corrected chi connectivity index (χ4v) is 5.28. The van der Waals surface area contributed by atoms with Crippen molar-refractivity contribution >= 4 is 29.8 Å². The topological polar surface area (TPSA) is 159 Å². The van der Waals surface area contributed by atoms with E-state index < -0.39 is 52.4 Å². The Hall–Kier alpha value is -4.92. The summed E-state index contributed by atoms with van der Waals surface area (Å²) < 4.78 is 24.8. The predicted molar refractivity (Wildman–Crippen MR) is 120 cm³/mol. The zero-order valence-corrected chi connectivity index (χ0v) is 20.4. The molecule has 0 amide bonds. The second-order valence-corrected chi connectivity index (χ2v) is 7.93. The van der Waals surface area contributed by atoms with Crippen LogP contribution in [0.5, 0.6) is 0 Å². The number of esters is 5. The van der Waals surface area contributed by atoms with Gasteiger partial charge in [0.1, 0.15) is 5.54 Å². The molecule has 4 aliphatic heterocycles. The Morgan fingerprint density at radius 2 is 1.30 bits per heavy atom. The van der Waals surface area contributed by atoms with Crippen LogP contribution in [0.25, 0.3) is 0 Å². The van der Waals surface area contributed by atoms with Gasteiger partial charge in [0.2, 0.25) is 0 Å². The highest BCUT2D eigenvalue weighted by molar-refractivity contribution is 6.16. The van der Waals surface area contributed by atoms with Crippen LogP contribution in [0.3, 0.4) is 0 Å². The molecule has 5 aliphatic rings. The van der Waals surface area contributed by atoms with Crippen molar-refractivity contribution in [3.8, 4) is 6.07 Å². The van der Waals surface area contributed by atoms with Crippen LogP contribution in [0.1, 0.15) is 0 Å². The SMILES string of the molecule is COC(=O)C1=C2C=CC=C3C4C(C(=O)OC)=C(C(=O)OC)C(C(C#N)=C1)(C(C(=O)OC)=C4C(=O)OC)N32. The highest BCUT2D eigenvalue weighted by atomic mass is 16.5. The second-order valence-electron chi connectivity index (χ2n) is 7.93. The Morgan fingerprint density at radius 3 is 1.73 bits per heavy atom. The van der Waals surface area contributed by atoms with E-state index in [0.717, 1.165) is 41.6 Å². The first-order valence-corrected chi connectivity index (χ1v) is 10.7. The lowest BCUT2D eigenvalue weighted by molar-refractivity contribution is -0.144. The molecular weight excluding hydrogens is 488 g/mol. The van der Waals surface area contributed by atoms with Crippen LogP contribution in [0.15, 0.2) is 69.1 Å². The fraction of sp³-hybridized carbons (Fsp3) is 0.280. The average Bonchev–Trinajstić information content (AvgIpc) is 2.94. The molecule has 5 rings (SSSR count). The van der Waals surface area contributed by atoms with E-state index in [4.69, 9.17) is 23.7 Å². The molecule has 1 spiro atoms. The van der Waals surface area contributed by atoms with E-state index in [-0.39, 0.29) is 33.7 Å². The molecule has 0 unspecified atom stereocenters. The smallest absolute Gasteiger partial charge is 0.340 e. The summed E-state index contributed by atoms with van der Waals surface area (Å²) in [5, 5.41) is 10.3. The van der Waals surface area contributed by atoms with Crippen molar-refractivity contribution in [2.45, 2.75) is 5.54 Å². The number of nitrogens with zero attached hydrogens (tertiary/aromatic N) is 2. The number of allylic oxidation sites excluding steroid dienone is 4. The van der Waals surface area contributed by atoms with E-state index in [1.54, 1.807) is 6.08 Å². The van der Waals surface area contributed by atoms with Crippen molar-refractivity contribution in [2.75, 3.05) is 35.5 Å². The van der Waals surface area contributed by atoms with Gasteiger partial charge < -0.3 is 28.6 Å². The third kappa shape index (κ3) is 3.03. The van der Waals surface area contributed by atoms with Gasteiger partial charge in [0.05, 0.1) is 86.7 Å². The van der Waals surface area contributed by atoms with Crippen LogP contribution in [0.4, 0.5) is 0 Å². The van der Waals surface area contributed by atoms with E-state index >= 15 is 0 Å². The summed E-state index contributed by atoms with van der Waals surface area (Å²) in [6.07, 6.45) is 5.70. The zero-order chi connectivity index (χ0) is 27.2. The van der Waals surface area contributed by atoms with Crippen molar-refractivity contribution in [1.29, 1.82) is 5.26 Å². The molecule has 12 nitrogen and oxygen atoms in total. The Bertz CT molecular complexity index is 1360. The number of carbonyl (C=O) groups is 5. The molecule has 190 valence electrons. The van der Waals surface area contributed by atoms with Gasteiger partial charge >= 0.3 is 29.8 Å². The molecule has 0 saturated heterocycles. The number of nitriles is 1. The molecular formula is C25H20N2O10. The molecule has 0 N–H and O–H groups in total. The van der Waals surface area contributed by atoms with Gasteiger partial charge in [0, 0.05) is 5.70 Å². The van der Waals surface area contributed by atoms with Crippen LogP contribution in [0, 0.1) is 17.2 Å². The third-order valence-electron chi connectivity index (χ3n) is 6.56. The maximum atomic E-state index is 13.4. The molecule has 12 heteroatoms. The zero-order valence-electron chi connectivity index (χ0n) is 20.4. The minimum atomic E-state index is -2.25. The highest BCUT2D eigenvalue weighted by Crippen LogP contribution is 2.62. The van der Waals surface area contributed by atoms with Gasteiger partial charge in [-0.2, -0.15) is 5.26 Å². The second kappa shape index (κ2) is 8.94. The quantitative estimate of drug-likeness (QED) is 0.370. The molecule has 37 heavy (non-hydrogen) atoms. The minimum absolute atomic E-state index is 0.0632. The van der Waals surface area contributed by atoms with Gasteiger partial charge in [0.25, 0.3) is 0 Å². The van der Waals surface area contributed by atoms with Gasteiger partial charge in [-0.1, -0.05) is 6.08 Å². The van der Waals surface area contributed by atoms with Gasteiger partial charge in [-0.25, -0.2) is 24.0 Å². The molecule has 0 fully saturated rings. The van der Waals surface area contributed by atoms with Gasteiger partial charge in [-0.05, 0) is 18.2 Å². The van der Waals surface area contributed by atoms with Crippen LogP contribution in [-0.2, 0) is 47.7 Å². The van der Waals surface area contributed by atoms with E-state index in [1.807, 2.05) is 6.07 Å². The first-order chi connectivity index (χ1) is 17.7. The standard InChI is InChI=1S/C25H20N2O10/c1-33-20(28)12-9-11(10-26)25-18(23(31)36-4)16(21(29)34-2)15(14-8-6-7-13(12)27(14)25)17(22(30)35-3)19(25)24(32)37-5/h6-9,15H,1-5H3. The van der Waals surface area contributed by atoms with E-state index in [1.165, 1.54) is 17.1 Å². The van der Waals surface area contributed by atoms with Crippen LogP contribution >= 0.6 is 0 Å². The highest BCUT2D eigenvalue weighted by Gasteiger charge is 2.68. The Balaban J connectivity index is 2.33. The first-order valence-electron chi connectivity index (χ1n) is 10.7. The number of carbonyl (C=O) groups excluding carboxylic acids is 5. The van der Waals surface area contributed by atoms with Crippen LogP contribution in [-0.4, -0.2) is 75.8 Å².